The topological polar surface area (TPSA) is 83.9 Å². The van der Waals surface area contributed by atoms with Crippen LogP contribution in [0, 0.1) is 11.3 Å². The maximum Gasteiger partial charge on any atom is 0.260 e. The summed E-state index contributed by atoms with van der Waals surface area (Å²) in [6.45, 7) is 1.29. The van der Waals surface area contributed by atoms with Crippen LogP contribution in [0.4, 0.5) is 0 Å². The Kier molecular flexibility index (Phi) is 3.57. The first-order valence-electron chi connectivity index (χ1n) is 4.58. The van der Waals surface area contributed by atoms with Crippen LogP contribution in [-0.2, 0) is 9.59 Å². The third-order valence-electron chi connectivity index (χ3n) is 2.02. The molecule has 0 saturated carbocycles. The molecule has 80 valence electrons. The number of carbonyl (C=O) groups excluding carboxylic acids is 2. The zero-order valence-electron chi connectivity index (χ0n) is 8.73. The molecule has 1 aromatic rings. The van der Waals surface area contributed by atoms with Crippen LogP contribution >= 0.6 is 0 Å². The molecule has 4 heteroatoms. The Morgan fingerprint density at radius 1 is 1.25 bits per heavy atom. The van der Waals surface area contributed by atoms with Gasteiger partial charge in [-0.05, 0) is 12.5 Å². The van der Waals surface area contributed by atoms with Crippen molar-refractivity contribution in [2.75, 3.05) is 0 Å². The number of Topliss-reactive ketones (excluding diaryl/α,β-unsaturated/α-hetero) is 1. The highest BCUT2D eigenvalue weighted by molar-refractivity contribution is 6.26. The second kappa shape index (κ2) is 4.89. The number of amides is 1. The normalized spacial score (nSPS) is 11.2. The SMILES string of the molecule is CC(=O)/C(=C(/C#N)C(N)=O)c1ccccc1. The lowest BCUT2D eigenvalue weighted by Gasteiger charge is -2.05. The first-order valence-corrected chi connectivity index (χ1v) is 4.58. The second-order valence-corrected chi connectivity index (χ2v) is 3.15. The molecule has 0 aliphatic rings. The lowest BCUT2D eigenvalue weighted by molar-refractivity contribution is -0.115. The highest BCUT2D eigenvalue weighted by Crippen LogP contribution is 2.19. The average molecular weight is 214 g/mol. The smallest absolute Gasteiger partial charge is 0.260 e. The van der Waals surface area contributed by atoms with Gasteiger partial charge in [0.2, 0.25) is 0 Å². The molecule has 16 heavy (non-hydrogen) atoms. The molecule has 0 atom stereocenters. The van der Waals surface area contributed by atoms with Gasteiger partial charge in [-0.15, -0.1) is 0 Å². The molecule has 0 fully saturated rings. The van der Waals surface area contributed by atoms with Crippen molar-refractivity contribution in [1.29, 1.82) is 5.26 Å². The van der Waals surface area contributed by atoms with E-state index in [1.165, 1.54) is 6.92 Å². The Bertz CT molecular complexity index is 496. The minimum atomic E-state index is -0.892. The van der Waals surface area contributed by atoms with Crippen LogP contribution in [0.25, 0.3) is 5.57 Å². The Morgan fingerprint density at radius 2 is 1.81 bits per heavy atom. The zero-order valence-corrected chi connectivity index (χ0v) is 8.73. The summed E-state index contributed by atoms with van der Waals surface area (Å²) in [6.07, 6.45) is 0. The molecule has 0 bridgehead atoms. The van der Waals surface area contributed by atoms with E-state index in [1.54, 1.807) is 36.4 Å². The van der Waals surface area contributed by atoms with Crippen molar-refractivity contribution in [3.8, 4) is 6.07 Å². The fraction of sp³-hybridized carbons (Fsp3) is 0.0833. The van der Waals surface area contributed by atoms with Crippen LogP contribution in [0.5, 0.6) is 0 Å². The van der Waals surface area contributed by atoms with E-state index in [1.807, 2.05) is 0 Å². The average Bonchev–Trinajstić information content (AvgIpc) is 2.25. The van der Waals surface area contributed by atoms with Crippen LogP contribution in [0.2, 0.25) is 0 Å². The fourth-order valence-electron chi connectivity index (χ4n) is 1.36. The van der Waals surface area contributed by atoms with Crippen molar-refractivity contribution < 1.29 is 9.59 Å². The number of nitriles is 1. The maximum absolute atomic E-state index is 11.4. The van der Waals surface area contributed by atoms with E-state index in [-0.39, 0.29) is 16.9 Å². The Balaban J connectivity index is 3.48. The predicted molar refractivity (Wildman–Crippen MR) is 58.9 cm³/mol. The highest BCUT2D eigenvalue weighted by Gasteiger charge is 2.17. The maximum atomic E-state index is 11.4. The van der Waals surface area contributed by atoms with E-state index in [0.717, 1.165) is 0 Å². The highest BCUT2D eigenvalue weighted by atomic mass is 16.1. The number of hydrogen-bond acceptors (Lipinski definition) is 3. The van der Waals surface area contributed by atoms with Gasteiger partial charge in [-0.3, -0.25) is 9.59 Å². The van der Waals surface area contributed by atoms with Gasteiger partial charge in [0.15, 0.2) is 5.78 Å². The first kappa shape index (κ1) is 11.7. The van der Waals surface area contributed by atoms with Crippen LogP contribution in [-0.4, -0.2) is 11.7 Å². The van der Waals surface area contributed by atoms with Crippen LogP contribution in [0.1, 0.15) is 12.5 Å². The molecule has 1 rings (SSSR count). The molecule has 4 nitrogen and oxygen atoms in total. The van der Waals surface area contributed by atoms with Crippen molar-refractivity contribution in [1.82, 2.24) is 0 Å². The van der Waals surface area contributed by atoms with E-state index in [9.17, 15) is 9.59 Å². The van der Waals surface area contributed by atoms with Crippen LogP contribution in [0.3, 0.4) is 0 Å². The molecule has 1 aromatic carbocycles. The van der Waals surface area contributed by atoms with Gasteiger partial charge in [0.05, 0.1) is 0 Å². The summed E-state index contributed by atoms with van der Waals surface area (Å²) in [5.41, 5.74) is 5.33. The number of nitrogens with zero attached hydrogens (tertiary/aromatic N) is 1. The summed E-state index contributed by atoms with van der Waals surface area (Å²) in [6, 6.07) is 10.2. The van der Waals surface area contributed by atoms with Crippen molar-refractivity contribution in [2.24, 2.45) is 5.73 Å². The van der Waals surface area contributed by atoms with Gasteiger partial charge in [-0.25, -0.2) is 0 Å². The van der Waals surface area contributed by atoms with Gasteiger partial charge in [0, 0.05) is 5.57 Å². The Hall–Kier alpha value is -2.41. The molecule has 0 radical (unpaired) electrons. The largest absolute Gasteiger partial charge is 0.365 e. The standard InChI is InChI=1S/C12H10N2O2/c1-8(15)11(10(7-13)12(14)16)9-5-3-2-4-6-9/h2-6H,1H3,(H2,14,16)/b11-10+. The fourth-order valence-corrected chi connectivity index (χ4v) is 1.36. The molecular formula is C12H10N2O2. The minimum Gasteiger partial charge on any atom is -0.365 e. The molecular weight excluding hydrogens is 204 g/mol. The molecule has 0 aliphatic heterocycles. The number of rotatable bonds is 3. The van der Waals surface area contributed by atoms with Crippen molar-refractivity contribution in [3.63, 3.8) is 0 Å². The molecule has 0 saturated heterocycles. The van der Waals surface area contributed by atoms with Crippen molar-refractivity contribution in [2.45, 2.75) is 6.92 Å². The summed E-state index contributed by atoms with van der Waals surface area (Å²) in [7, 11) is 0. The van der Waals surface area contributed by atoms with E-state index in [4.69, 9.17) is 11.0 Å². The molecule has 0 unspecified atom stereocenters. The van der Waals surface area contributed by atoms with E-state index >= 15 is 0 Å². The third kappa shape index (κ3) is 2.34. The summed E-state index contributed by atoms with van der Waals surface area (Å²) in [4.78, 5) is 22.5. The van der Waals surface area contributed by atoms with Gasteiger partial charge < -0.3 is 5.73 Å². The zero-order chi connectivity index (χ0) is 12.1. The van der Waals surface area contributed by atoms with E-state index < -0.39 is 5.91 Å². The summed E-state index contributed by atoms with van der Waals surface area (Å²) >= 11 is 0. The second-order valence-electron chi connectivity index (χ2n) is 3.15. The van der Waals surface area contributed by atoms with Gasteiger partial charge >= 0.3 is 0 Å². The Labute approximate surface area is 93.0 Å². The number of carbonyl (C=O) groups is 2. The molecule has 0 heterocycles. The number of hydrogen-bond donors (Lipinski definition) is 1. The summed E-state index contributed by atoms with van der Waals surface area (Å²) < 4.78 is 0. The predicted octanol–water partition coefficient (Wildman–Crippen LogP) is 1.04. The number of primary amides is 1. The van der Waals surface area contributed by atoms with Crippen molar-refractivity contribution in [3.05, 3.63) is 41.5 Å². The van der Waals surface area contributed by atoms with E-state index in [2.05, 4.69) is 0 Å². The van der Waals surface area contributed by atoms with E-state index in [0.29, 0.717) is 5.56 Å². The molecule has 2 N–H and O–H groups in total. The molecule has 0 aliphatic carbocycles. The van der Waals surface area contributed by atoms with Crippen molar-refractivity contribution >= 4 is 17.3 Å². The van der Waals surface area contributed by atoms with Gasteiger partial charge in [0.1, 0.15) is 11.6 Å². The van der Waals surface area contributed by atoms with Gasteiger partial charge in [-0.2, -0.15) is 5.26 Å². The molecule has 0 spiro atoms. The number of ketones is 1. The minimum absolute atomic E-state index is 0.0654. The lowest BCUT2D eigenvalue weighted by atomic mass is 9.97. The monoisotopic (exact) mass is 214 g/mol. The Morgan fingerprint density at radius 3 is 2.19 bits per heavy atom. The summed E-state index contributed by atoms with van der Waals surface area (Å²) in [5, 5.41) is 8.82. The first-order chi connectivity index (χ1) is 7.57. The third-order valence-corrected chi connectivity index (χ3v) is 2.02. The molecule has 0 aromatic heterocycles. The quantitative estimate of drug-likeness (QED) is 0.602. The summed E-state index contributed by atoms with van der Waals surface area (Å²) in [5.74, 6) is -1.25. The number of allylic oxidation sites excluding steroid dienone is 1. The molecule has 1 amide bonds. The number of nitrogens with two attached hydrogens (primary N) is 1. The number of benzene rings is 1. The van der Waals surface area contributed by atoms with Gasteiger partial charge in [0.25, 0.3) is 5.91 Å². The van der Waals surface area contributed by atoms with Gasteiger partial charge in [-0.1, -0.05) is 30.3 Å². The van der Waals surface area contributed by atoms with Crippen LogP contribution < -0.4 is 5.73 Å². The lowest BCUT2D eigenvalue weighted by Crippen LogP contribution is -2.16. The van der Waals surface area contributed by atoms with Crippen LogP contribution in [0.15, 0.2) is 35.9 Å².